The summed E-state index contributed by atoms with van der Waals surface area (Å²) in [5.41, 5.74) is -1.80. The van der Waals surface area contributed by atoms with Crippen LogP contribution in [0.3, 0.4) is 0 Å². The predicted octanol–water partition coefficient (Wildman–Crippen LogP) is 2.71. The van der Waals surface area contributed by atoms with Crippen molar-refractivity contribution in [1.82, 2.24) is 0 Å². The van der Waals surface area contributed by atoms with Crippen LogP contribution in [0.25, 0.3) is 0 Å². The normalized spacial score (nSPS) is 36.2. The Morgan fingerprint density at radius 2 is 1.96 bits per heavy atom. The quantitative estimate of drug-likeness (QED) is 0.779. The molecule has 1 aromatic rings. The first-order valence-corrected chi connectivity index (χ1v) is 7.86. The van der Waals surface area contributed by atoms with Gasteiger partial charge < -0.3 is 9.47 Å². The van der Waals surface area contributed by atoms with E-state index in [9.17, 15) is 15.3 Å². The molecule has 4 rings (SSSR count). The first-order chi connectivity index (χ1) is 11.1. The molecular weight excluding hydrogens is 316 g/mol. The molecule has 6 heteroatoms. The summed E-state index contributed by atoms with van der Waals surface area (Å²) in [6.45, 7) is 0.460. The number of halogens is 1. The molecule has 2 saturated heterocycles. The molecule has 0 amide bonds. The van der Waals surface area contributed by atoms with E-state index >= 15 is 0 Å². The molecule has 0 N–H and O–H groups in total. The van der Waals surface area contributed by atoms with Gasteiger partial charge in [-0.2, -0.15) is 10.5 Å². The second kappa shape index (κ2) is 4.79. The van der Waals surface area contributed by atoms with E-state index in [1.165, 1.54) is 0 Å². The summed E-state index contributed by atoms with van der Waals surface area (Å²) in [4.78, 5) is 12.9. The van der Waals surface area contributed by atoms with Gasteiger partial charge in [0.1, 0.15) is 0 Å². The van der Waals surface area contributed by atoms with Gasteiger partial charge in [0.2, 0.25) is 0 Å². The summed E-state index contributed by atoms with van der Waals surface area (Å²) >= 11 is 5.86. The number of carbonyl (C=O) groups excluding carboxylic acids is 1. The maximum absolute atomic E-state index is 12.9. The monoisotopic (exact) mass is 328 g/mol. The Morgan fingerprint density at radius 1 is 1.26 bits per heavy atom. The molecule has 1 aliphatic carbocycles. The summed E-state index contributed by atoms with van der Waals surface area (Å²) in [7, 11) is 0. The predicted molar refractivity (Wildman–Crippen MR) is 79.2 cm³/mol. The van der Waals surface area contributed by atoms with E-state index in [1.807, 2.05) is 0 Å². The number of nitriles is 2. The zero-order chi connectivity index (χ0) is 16.2. The highest BCUT2D eigenvalue weighted by Gasteiger charge is 2.86. The van der Waals surface area contributed by atoms with Crippen molar-refractivity contribution < 1.29 is 14.3 Å². The lowest BCUT2D eigenvalue weighted by molar-refractivity contribution is -0.140. The molecule has 2 aliphatic heterocycles. The molecule has 4 atom stereocenters. The van der Waals surface area contributed by atoms with Crippen LogP contribution in [0.1, 0.15) is 23.2 Å². The van der Waals surface area contributed by atoms with Crippen molar-refractivity contribution in [3.63, 3.8) is 0 Å². The molecule has 1 aromatic carbocycles. The number of benzene rings is 1. The number of rotatable bonds is 2. The van der Waals surface area contributed by atoms with Crippen LogP contribution in [0.2, 0.25) is 5.02 Å². The number of ketones is 1. The SMILES string of the molecule is N#CC1(C#N)[C@H](C(=O)c2ccc(Cl)cc2)C12CC[C@H]1COC2O1. The molecule has 0 radical (unpaired) electrons. The van der Waals surface area contributed by atoms with Crippen molar-refractivity contribution >= 4 is 17.4 Å². The lowest BCUT2D eigenvalue weighted by atomic mass is 9.86. The van der Waals surface area contributed by atoms with Gasteiger partial charge in [-0.15, -0.1) is 0 Å². The molecular formula is C17H13ClN2O3. The van der Waals surface area contributed by atoms with E-state index in [2.05, 4.69) is 12.1 Å². The van der Waals surface area contributed by atoms with Crippen molar-refractivity contribution in [2.45, 2.75) is 25.2 Å². The fourth-order valence-corrected chi connectivity index (χ4v) is 4.31. The van der Waals surface area contributed by atoms with E-state index in [0.717, 1.165) is 0 Å². The topological polar surface area (TPSA) is 83.1 Å². The number of nitrogens with zero attached hydrogens (tertiary/aromatic N) is 2. The zero-order valence-electron chi connectivity index (χ0n) is 12.2. The highest BCUT2D eigenvalue weighted by Crippen LogP contribution is 2.76. The number of hydrogen-bond donors (Lipinski definition) is 0. The third-order valence-electron chi connectivity index (χ3n) is 5.39. The lowest BCUT2D eigenvalue weighted by Crippen LogP contribution is -2.35. The third-order valence-corrected chi connectivity index (χ3v) is 5.64. The maximum Gasteiger partial charge on any atom is 0.169 e. The van der Waals surface area contributed by atoms with Gasteiger partial charge in [-0.05, 0) is 37.1 Å². The Kier molecular flexibility index (Phi) is 3.05. The summed E-state index contributed by atoms with van der Waals surface area (Å²) in [5, 5.41) is 19.8. The second-order valence-electron chi connectivity index (χ2n) is 6.34. The van der Waals surface area contributed by atoms with Crippen LogP contribution in [-0.2, 0) is 9.47 Å². The molecule has 3 fully saturated rings. The van der Waals surface area contributed by atoms with Crippen molar-refractivity contribution in [3.8, 4) is 12.1 Å². The van der Waals surface area contributed by atoms with Crippen molar-refractivity contribution in [2.75, 3.05) is 6.61 Å². The van der Waals surface area contributed by atoms with Crippen LogP contribution in [0.15, 0.2) is 24.3 Å². The summed E-state index contributed by atoms with van der Waals surface area (Å²) in [5.74, 6) is -0.947. The standard InChI is InChI=1S/C17H13ClN2O3/c18-11-3-1-10(2-4-11)13(21)14-16(8-19,9-20)17(14)6-5-12-7-22-15(17)23-12/h1-4,12,14-15H,5-7H2/t12-,14-,15?,17?/m0/s1. The molecule has 3 aliphatic rings. The number of carbonyl (C=O) groups is 1. The van der Waals surface area contributed by atoms with Crippen LogP contribution in [0, 0.1) is 39.4 Å². The number of Topliss-reactive ketones (excluding diaryl/α,β-unsaturated/α-hetero) is 1. The van der Waals surface area contributed by atoms with Crippen LogP contribution in [-0.4, -0.2) is 24.8 Å². The van der Waals surface area contributed by atoms with E-state index in [1.54, 1.807) is 24.3 Å². The average molecular weight is 329 g/mol. The Morgan fingerprint density at radius 3 is 2.61 bits per heavy atom. The molecule has 1 saturated carbocycles. The molecule has 116 valence electrons. The lowest BCUT2D eigenvalue weighted by Gasteiger charge is -2.29. The first kappa shape index (κ1) is 14.7. The molecule has 2 bridgehead atoms. The van der Waals surface area contributed by atoms with Gasteiger partial charge in [0.15, 0.2) is 17.5 Å². The number of fused-ring (bicyclic) bond motifs is 3. The largest absolute Gasteiger partial charge is 0.349 e. The minimum Gasteiger partial charge on any atom is -0.349 e. The van der Waals surface area contributed by atoms with Crippen LogP contribution < -0.4 is 0 Å². The minimum atomic E-state index is -1.39. The van der Waals surface area contributed by atoms with Crippen molar-refractivity contribution in [3.05, 3.63) is 34.9 Å². The minimum absolute atomic E-state index is 0.00703. The molecule has 2 heterocycles. The Labute approximate surface area is 138 Å². The molecule has 5 nitrogen and oxygen atoms in total. The van der Waals surface area contributed by atoms with Crippen LogP contribution in [0.4, 0.5) is 0 Å². The van der Waals surface area contributed by atoms with Crippen molar-refractivity contribution in [1.29, 1.82) is 10.5 Å². The average Bonchev–Trinajstić information content (AvgIpc) is 2.94. The van der Waals surface area contributed by atoms with E-state index in [0.29, 0.717) is 30.0 Å². The van der Waals surface area contributed by atoms with Crippen molar-refractivity contribution in [2.24, 2.45) is 16.7 Å². The number of ether oxygens (including phenoxy) is 2. The van der Waals surface area contributed by atoms with E-state index in [4.69, 9.17) is 21.1 Å². The van der Waals surface area contributed by atoms with E-state index < -0.39 is 23.0 Å². The first-order valence-electron chi connectivity index (χ1n) is 7.48. The molecule has 1 spiro atoms. The summed E-state index contributed by atoms with van der Waals surface area (Å²) < 4.78 is 11.4. The zero-order valence-corrected chi connectivity index (χ0v) is 12.9. The summed E-state index contributed by atoms with van der Waals surface area (Å²) in [6, 6.07) is 10.7. The van der Waals surface area contributed by atoms with Gasteiger partial charge in [-0.3, -0.25) is 4.79 Å². The Hall–Kier alpha value is -1.92. The van der Waals surface area contributed by atoms with Gasteiger partial charge in [0.05, 0.1) is 36.2 Å². The fraction of sp³-hybridized carbons (Fsp3) is 0.471. The van der Waals surface area contributed by atoms with Crippen LogP contribution >= 0.6 is 11.6 Å². The molecule has 23 heavy (non-hydrogen) atoms. The summed E-state index contributed by atoms with van der Waals surface area (Å²) in [6.07, 6.45) is 0.647. The Balaban J connectivity index is 1.75. The third kappa shape index (κ3) is 1.70. The number of hydrogen-bond acceptors (Lipinski definition) is 5. The molecule has 2 unspecified atom stereocenters. The highest BCUT2D eigenvalue weighted by molar-refractivity contribution is 6.30. The maximum atomic E-state index is 12.9. The van der Waals surface area contributed by atoms with Gasteiger partial charge in [-0.1, -0.05) is 11.6 Å². The van der Waals surface area contributed by atoms with Gasteiger partial charge in [-0.25, -0.2) is 0 Å². The van der Waals surface area contributed by atoms with E-state index in [-0.39, 0.29) is 11.9 Å². The smallest absolute Gasteiger partial charge is 0.169 e. The van der Waals surface area contributed by atoms with Gasteiger partial charge >= 0.3 is 0 Å². The molecule has 0 aromatic heterocycles. The Bertz CT molecular complexity index is 750. The van der Waals surface area contributed by atoms with Crippen LogP contribution in [0.5, 0.6) is 0 Å². The fourth-order valence-electron chi connectivity index (χ4n) is 4.18. The van der Waals surface area contributed by atoms with Gasteiger partial charge in [0.25, 0.3) is 0 Å². The van der Waals surface area contributed by atoms with Gasteiger partial charge in [0, 0.05) is 10.6 Å². The second-order valence-corrected chi connectivity index (χ2v) is 6.77. The highest BCUT2D eigenvalue weighted by atomic mass is 35.5.